The van der Waals surface area contributed by atoms with Gasteiger partial charge in [-0.05, 0) is 47.9 Å². The third-order valence-electron chi connectivity index (χ3n) is 4.20. The predicted octanol–water partition coefficient (Wildman–Crippen LogP) is 5.76. The number of allylic oxidation sites excluding steroid dienone is 1. The quantitative estimate of drug-likeness (QED) is 0.305. The van der Waals surface area contributed by atoms with Gasteiger partial charge in [-0.1, -0.05) is 43.7 Å². The molecule has 136 valence electrons. The summed E-state index contributed by atoms with van der Waals surface area (Å²) in [4.78, 5) is 23.7. The maximum Gasteiger partial charge on any atom is 0.280 e. The highest BCUT2D eigenvalue weighted by Gasteiger charge is 2.21. The molecule has 5 nitrogen and oxygen atoms in total. The maximum absolute atomic E-state index is 12.8. The van der Waals surface area contributed by atoms with E-state index < -0.39 is 4.92 Å². The standard InChI is InChI=1S/C22H19NO4/c1-2-7-18(21-10-6-13-27-21)14-16-11-12-20(23(25)26)19(15-16)22(24)17-8-4-3-5-9-17/h3-6,8-15H,2,7H2,1H3. The lowest BCUT2D eigenvalue weighted by atomic mass is 9.97. The first-order chi connectivity index (χ1) is 13.1. The van der Waals surface area contributed by atoms with Gasteiger partial charge < -0.3 is 4.42 Å². The van der Waals surface area contributed by atoms with Crippen molar-refractivity contribution in [2.24, 2.45) is 0 Å². The smallest absolute Gasteiger partial charge is 0.280 e. The molecule has 2 aromatic carbocycles. The molecule has 0 aliphatic heterocycles. The summed E-state index contributed by atoms with van der Waals surface area (Å²) in [6, 6.07) is 16.9. The van der Waals surface area contributed by atoms with E-state index in [-0.39, 0.29) is 17.0 Å². The lowest BCUT2D eigenvalue weighted by Gasteiger charge is -2.06. The fourth-order valence-corrected chi connectivity index (χ4v) is 2.93. The van der Waals surface area contributed by atoms with Crippen molar-refractivity contribution in [2.75, 3.05) is 0 Å². The largest absolute Gasteiger partial charge is 0.465 e. The summed E-state index contributed by atoms with van der Waals surface area (Å²) in [6.45, 7) is 2.07. The van der Waals surface area contributed by atoms with Crippen LogP contribution < -0.4 is 0 Å². The minimum Gasteiger partial charge on any atom is -0.465 e. The zero-order valence-electron chi connectivity index (χ0n) is 14.9. The topological polar surface area (TPSA) is 73.3 Å². The SMILES string of the molecule is CCCC(=Cc1ccc([N+](=O)[O-])c(C(=O)c2ccccc2)c1)c1ccco1. The van der Waals surface area contributed by atoms with Gasteiger partial charge in [0.25, 0.3) is 5.69 Å². The second-order valence-corrected chi connectivity index (χ2v) is 6.13. The summed E-state index contributed by atoms with van der Waals surface area (Å²) in [5.41, 5.74) is 2.00. The molecule has 0 bridgehead atoms. The van der Waals surface area contributed by atoms with Crippen LogP contribution in [-0.2, 0) is 0 Å². The van der Waals surface area contributed by atoms with Gasteiger partial charge in [0.15, 0.2) is 5.78 Å². The van der Waals surface area contributed by atoms with Gasteiger partial charge in [-0.25, -0.2) is 0 Å². The monoisotopic (exact) mass is 361 g/mol. The van der Waals surface area contributed by atoms with Gasteiger partial charge in [-0.3, -0.25) is 14.9 Å². The van der Waals surface area contributed by atoms with Crippen LogP contribution in [-0.4, -0.2) is 10.7 Å². The van der Waals surface area contributed by atoms with Crippen molar-refractivity contribution < 1.29 is 14.1 Å². The minimum atomic E-state index is -0.525. The number of hydrogen-bond donors (Lipinski definition) is 0. The third-order valence-corrected chi connectivity index (χ3v) is 4.20. The molecule has 1 heterocycles. The normalized spacial score (nSPS) is 11.4. The predicted molar refractivity (Wildman–Crippen MR) is 104 cm³/mol. The first-order valence-electron chi connectivity index (χ1n) is 8.72. The molecule has 0 radical (unpaired) electrons. The van der Waals surface area contributed by atoms with Crippen molar-refractivity contribution in [1.29, 1.82) is 0 Å². The molecule has 0 unspecified atom stereocenters. The van der Waals surface area contributed by atoms with Gasteiger partial charge in [0, 0.05) is 11.6 Å². The number of hydrogen-bond acceptors (Lipinski definition) is 4. The van der Waals surface area contributed by atoms with Crippen LogP contribution in [0.5, 0.6) is 0 Å². The highest BCUT2D eigenvalue weighted by molar-refractivity contribution is 6.11. The molecule has 0 atom stereocenters. The molecule has 3 aromatic rings. The van der Waals surface area contributed by atoms with Crippen LogP contribution in [0.1, 0.15) is 47.0 Å². The van der Waals surface area contributed by atoms with Crippen molar-refractivity contribution in [1.82, 2.24) is 0 Å². The maximum atomic E-state index is 12.8. The zero-order valence-corrected chi connectivity index (χ0v) is 14.9. The molecule has 3 rings (SSSR count). The summed E-state index contributed by atoms with van der Waals surface area (Å²) < 4.78 is 5.49. The summed E-state index contributed by atoms with van der Waals surface area (Å²) in [5.74, 6) is 0.388. The number of nitro benzene ring substituents is 1. The highest BCUT2D eigenvalue weighted by Crippen LogP contribution is 2.27. The Kier molecular flexibility index (Phi) is 5.61. The molecule has 0 spiro atoms. The van der Waals surface area contributed by atoms with Crippen LogP contribution in [0.3, 0.4) is 0 Å². The second kappa shape index (κ2) is 8.27. The van der Waals surface area contributed by atoms with E-state index in [0.29, 0.717) is 5.56 Å². The van der Waals surface area contributed by atoms with Crippen molar-refractivity contribution in [2.45, 2.75) is 19.8 Å². The van der Waals surface area contributed by atoms with E-state index in [4.69, 9.17) is 4.42 Å². The minimum absolute atomic E-state index is 0.0789. The van der Waals surface area contributed by atoms with Crippen LogP contribution in [0, 0.1) is 10.1 Å². The fourth-order valence-electron chi connectivity index (χ4n) is 2.93. The third kappa shape index (κ3) is 4.20. The summed E-state index contributed by atoms with van der Waals surface area (Å²) in [7, 11) is 0. The van der Waals surface area contributed by atoms with Crippen LogP contribution in [0.25, 0.3) is 11.6 Å². The number of rotatable bonds is 7. The second-order valence-electron chi connectivity index (χ2n) is 6.13. The fraction of sp³-hybridized carbons (Fsp3) is 0.136. The number of nitrogens with zero attached hydrogens (tertiary/aromatic N) is 1. The molecule has 5 heteroatoms. The molecular formula is C22H19NO4. The Morgan fingerprint density at radius 3 is 2.52 bits per heavy atom. The Morgan fingerprint density at radius 1 is 1.11 bits per heavy atom. The Bertz CT molecular complexity index is 973. The molecule has 0 saturated carbocycles. The highest BCUT2D eigenvalue weighted by atomic mass is 16.6. The first-order valence-corrected chi connectivity index (χ1v) is 8.72. The number of carbonyl (C=O) groups is 1. The molecule has 1 aromatic heterocycles. The Morgan fingerprint density at radius 2 is 1.89 bits per heavy atom. The van der Waals surface area contributed by atoms with Gasteiger partial charge in [0.2, 0.25) is 0 Å². The van der Waals surface area contributed by atoms with E-state index in [0.717, 1.165) is 29.7 Å². The molecule has 27 heavy (non-hydrogen) atoms. The van der Waals surface area contributed by atoms with E-state index in [9.17, 15) is 14.9 Å². The van der Waals surface area contributed by atoms with Crippen LogP contribution in [0.2, 0.25) is 0 Å². The number of furan rings is 1. The lowest BCUT2D eigenvalue weighted by Crippen LogP contribution is -2.05. The van der Waals surface area contributed by atoms with Gasteiger partial charge in [-0.15, -0.1) is 0 Å². The Balaban J connectivity index is 2.07. The van der Waals surface area contributed by atoms with Gasteiger partial charge in [0.05, 0.1) is 11.2 Å². The number of carbonyl (C=O) groups excluding carboxylic acids is 1. The molecule has 0 aliphatic rings. The van der Waals surface area contributed by atoms with Crippen LogP contribution in [0.15, 0.2) is 71.3 Å². The zero-order chi connectivity index (χ0) is 19.2. The average Bonchev–Trinajstić information content (AvgIpc) is 3.22. The summed E-state index contributed by atoms with van der Waals surface area (Å²) in [5, 5.41) is 11.4. The molecule has 0 fully saturated rings. The number of nitro groups is 1. The average molecular weight is 361 g/mol. The Labute approximate surface area is 157 Å². The van der Waals surface area contributed by atoms with Crippen molar-refractivity contribution in [3.63, 3.8) is 0 Å². The molecule has 0 N–H and O–H groups in total. The van der Waals surface area contributed by atoms with Crippen molar-refractivity contribution in [3.05, 3.63) is 99.5 Å². The van der Waals surface area contributed by atoms with Crippen molar-refractivity contribution in [3.8, 4) is 0 Å². The number of benzene rings is 2. The van der Waals surface area contributed by atoms with E-state index in [2.05, 4.69) is 6.92 Å². The molecular weight excluding hydrogens is 342 g/mol. The first kappa shape index (κ1) is 18.3. The van der Waals surface area contributed by atoms with Gasteiger partial charge >= 0.3 is 0 Å². The summed E-state index contributed by atoms with van der Waals surface area (Å²) in [6.07, 6.45) is 5.24. The molecule has 0 amide bonds. The van der Waals surface area contributed by atoms with E-state index >= 15 is 0 Å². The van der Waals surface area contributed by atoms with Crippen LogP contribution in [0.4, 0.5) is 5.69 Å². The van der Waals surface area contributed by atoms with Gasteiger partial charge in [-0.2, -0.15) is 0 Å². The molecule has 0 saturated heterocycles. The number of ketones is 1. The van der Waals surface area contributed by atoms with E-state index in [1.807, 2.05) is 18.2 Å². The summed E-state index contributed by atoms with van der Waals surface area (Å²) >= 11 is 0. The van der Waals surface area contributed by atoms with E-state index in [1.165, 1.54) is 6.07 Å². The van der Waals surface area contributed by atoms with Crippen molar-refractivity contribution >= 4 is 23.1 Å². The van der Waals surface area contributed by atoms with Gasteiger partial charge in [0.1, 0.15) is 11.3 Å². The van der Waals surface area contributed by atoms with E-state index in [1.54, 1.807) is 48.7 Å². The van der Waals surface area contributed by atoms with Crippen LogP contribution >= 0.6 is 0 Å². The molecule has 0 aliphatic carbocycles. The lowest BCUT2D eigenvalue weighted by molar-refractivity contribution is -0.385. The Hall–Kier alpha value is -3.47.